The molecule has 2 heterocycles. The average Bonchev–Trinajstić information content (AvgIpc) is 3.27. The predicted molar refractivity (Wildman–Crippen MR) is 130 cm³/mol. The minimum Gasteiger partial charge on any atom is -0.459 e. The van der Waals surface area contributed by atoms with Crippen molar-refractivity contribution in [1.82, 2.24) is 14.9 Å². The Kier molecular flexibility index (Phi) is 8.47. The molecule has 192 valence electrons. The molecule has 35 heavy (non-hydrogen) atoms. The van der Waals surface area contributed by atoms with Crippen LogP contribution in [0.15, 0.2) is 9.79 Å². The summed E-state index contributed by atoms with van der Waals surface area (Å²) in [5.41, 5.74) is -0.528. The van der Waals surface area contributed by atoms with Crippen molar-refractivity contribution >= 4 is 41.6 Å². The minimum atomic E-state index is -1.00. The van der Waals surface area contributed by atoms with E-state index in [0.29, 0.717) is 0 Å². The standard InChI is InChI=1S/C23H34N6O6/c1-13(34-14(2)30)20(35-15(3)31)17-11-24-21-19(22(33)27-23(26-21)25-12-28(4)5)29(17)18(32)10-16-8-6-7-9-16/h12-13,16-17,20H,6-11H2,1-5H3,(H2,24,26,27,33)/t13-,17?,20-/m0/s1. The highest BCUT2D eigenvalue weighted by Gasteiger charge is 2.43. The lowest BCUT2D eigenvalue weighted by Gasteiger charge is -2.41. The summed E-state index contributed by atoms with van der Waals surface area (Å²) in [4.78, 5) is 64.6. The number of rotatable bonds is 8. The molecule has 1 aliphatic heterocycles. The molecule has 1 saturated carbocycles. The summed E-state index contributed by atoms with van der Waals surface area (Å²) in [6.45, 7) is 4.21. The Balaban J connectivity index is 2.05. The van der Waals surface area contributed by atoms with Crippen molar-refractivity contribution < 1.29 is 23.9 Å². The summed E-state index contributed by atoms with van der Waals surface area (Å²) in [7, 11) is 3.57. The molecule has 0 bridgehead atoms. The van der Waals surface area contributed by atoms with Gasteiger partial charge in [0.1, 0.15) is 6.10 Å². The quantitative estimate of drug-likeness (QED) is 0.315. The number of anilines is 2. The summed E-state index contributed by atoms with van der Waals surface area (Å²) < 4.78 is 10.8. The van der Waals surface area contributed by atoms with Crippen LogP contribution in [0.5, 0.6) is 0 Å². The van der Waals surface area contributed by atoms with E-state index in [4.69, 9.17) is 9.47 Å². The summed E-state index contributed by atoms with van der Waals surface area (Å²) in [6, 6.07) is -0.798. The molecule has 3 atom stereocenters. The van der Waals surface area contributed by atoms with Gasteiger partial charge in [-0.2, -0.15) is 4.98 Å². The van der Waals surface area contributed by atoms with Crippen LogP contribution >= 0.6 is 0 Å². The number of fused-ring (bicyclic) bond motifs is 1. The smallest absolute Gasteiger partial charge is 0.303 e. The zero-order valence-electron chi connectivity index (χ0n) is 20.9. The van der Waals surface area contributed by atoms with E-state index < -0.39 is 35.7 Å². The van der Waals surface area contributed by atoms with Gasteiger partial charge in [-0.15, -0.1) is 0 Å². The van der Waals surface area contributed by atoms with Crippen molar-refractivity contribution in [3.05, 3.63) is 10.4 Å². The molecule has 0 saturated heterocycles. The molecular weight excluding hydrogens is 456 g/mol. The topological polar surface area (TPSA) is 146 Å². The average molecular weight is 491 g/mol. The number of H-pyrrole nitrogens is 1. The second kappa shape index (κ2) is 11.3. The highest BCUT2D eigenvalue weighted by Crippen LogP contribution is 2.34. The third-order valence-electron chi connectivity index (χ3n) is 6.05. The number of carbonyl (C=O) groups excluding carboxylic acids is 3. The van der Waals surface area contributed by atoms with Crippen LogP contribution in [-0.4, -0.2) is 77.9 Å². The Hall–Kier alpha value is -3.44. The maximum Gasteiger partial charge on any atom is 0.303 e. The van der Waals surface area contributed by atoms with Gasteiger partial charge in [-0.1, -0.05) is 12.8 Å². The molecule has 12 nitrogen and oxygen atoms in total. The maximum atomic E-state index is 13.6. The van der Waals surface area contributed by atoms with E-state index in [2.05, 4.69) is 20.3 Å². The molecular formula is C23H34N6O6. The van der Waals surface area contributed by atoms with Gasteiger partial charge < -0.3 is 19.7 Å². The van der Waals surface area contributed by atoms with Gasteiger partial charge >= 0.3 is 11.9 Å². The summed E-state index contributed by atoms with van der Waals surface area (Å²) >= 11 is 0. The van der Waals surface area contributed by atoms with Crippen LogP contribution in [0, 0.1) is 5.92 Å². The van der Waals surface area contributed by atoms with Crippen LogP contribution in [0.3, 0.4) is 0 Å². The number of hydrogen-bond acceptors (Lipinski definition) is 9. The Morgan fingerprint density at radius 1 is 1.20 bits per heavy atom. The largest absolute Gasteiger partial charge is 0.459 e. The second-order valence-electron chi connectivity index (χ2n) is 9.25. The molecule has 0 aromatic carbocycles. The van der Waals surface area contributed by atoms with Crippen molar-refractivity contribution in [2.45, 2.75) is 71.1 Å². The van der Waals surface area contributed by atoms with Crippen LogP contribution in [0.2, 0.25) is 0 Å². The number of aromatic amines is 1. The molecule has 12 heteroatoms. The number of hydrogen-bond donors (Lipinski definition) is 2. The first-order valence-corrected chi connectivity index (χ1v) is 11.8. The van der Waals surface area contributed by atoms with E-state index >= 15 is 0 Å². The molecule has 0 radical (unpaired) electrons. The SMILES string of the molecule is CC(=O)O[C@@H](C)[C@H](OC(C)=O)C1CNc2nc(N=CN(C)C)[nH]c(=O)c2N1C(=O)CC1CCCC1. The normalized spacial score (nSPS) is 19.6. The first kappa shape index (κ1) is 26.2. The van der Waals surface area contributed by atoms with Crippen LogP contribution < -0.4 is 15.8 Å². The number of ether oxygens (including phenoxy) is 2. The Bertz CT molecular complexity index is 1030. The molecule has 1 aliphatic carbocycles. The van der Waals surface area contributed by atoms with E-state index in [1.807, 2.05) is 0 Å². The zero-order chi connectivity index (χ0) is 25.7. The molecule has 3 rings (SSSR count). The number of nitrogens with zero attached hydrogens (tertiary/aromatic N) is 4. The van der Waals surface area contributed by atoms with Gasteiger partial charge in [0, 0.05) is 40.9 Å². The fourth-order valence-corrected chi connectivity index (χ4v) is 4.63. The lowest BCUT2D eigenvalue weighted by Crippen LogP contribution is -2.59. The highest BCUT2D eigenvalue weighted by atomic mass is 16.6. The van der Waals surface area contributed by atoms with Crippen molar-refractivity contribution in [2.24, 2.45) is 10.9 Å². The van der Waals surface area contributed by atoms with E-state index in [1.165, 1.54) is 25.1 Å². The lowest BCUT2D eigenvalue weighted by molar-refractivity contribution is -0.165. The molecule has 2 aliphatic rings. The molecule has 1 aromatic heterocycles. The van der Waals surface area contributed by atoms with E-state index in [9.17, 15) is 19.2 Å². The number of aliphatic imine (C=N–C) groups is 1. The van der Waals surface area contributed by atoms with Crippen LogP contribution in [0.25, 0.3) is 0 Å². The first-order valence-electron chi connectivity index (χ1n) is 11.8. The zero-order valence-corrected chi connectivity index (χ0v) is 20.9. The van der Waals surface area contributed by atoms with E-state index in [1.54, 1.807) is 25.9 Å². The molecule has 2 N–H and O–H groups in total. The fraction of sp³-hybridized carbons (Fsp3) is 0.652. The van der Waals surface area contributed by atoms with Crippen molar-refractivity contribution in [3.63, 3.8) is 0 Å². The van der Waals surface area contributed by atoms with Gasteiger partial charge in [0.15, 0.2) is 17.6 Å². The second-order valence-corrected chi connectivity index (χ2v) is 9.25. The van der Waals surface area contributed by atoms with Crippen molar-refractivity contribution in [3.8, 4) is 0 Å². The monoisotopic (exact) mass is 490 g/mol. The van der Waals surface area contributed by atoms with Gasteiger partial charge in [-0.25, -0.2) is 4.99 Å². The summed E-state index contributed by atoms with van der Waals surface area (Å²) in [5, 5.41) is 3.08. The highest BCUT2D eigenvalue weighted by molar-refractivity contribution is 5.98. The van der Waals surface area contributed by atoms with Crippen molar-refractivity contribution in [2.75, 3.05) is 30.9 Å². The number of nitrogens with one attached hydrogen (secondary N) is 2. The Morgan fingerprint density at radius 2 is 1.86 bits per heavy atom. The number of carbonyl (C=O) groups is 3. The first-order chi connectivity index (χ1) is 16.6. The predicted octanol–water partition coefficient (Wildman–Crippen LogP) is 1.58. The van der Waals surface area contributed by atoms with Crippen LogP contribution in [-0.2, 0) is 23.9 Å². The van der Waals surface area contributed by atoms with E-state index in [-0.39, 0.29) is 42.2 Å². The van der Waals surface area contributed by atoms with Crippen LogP contribution in [0.4, 0.5) is 17.5 Å². The van der Waals surface area contributed by atoms with Gasteiger partial charge in [0.25, 0.3) is 5.56 Å². The fourth-order valence-electron chi connectivity index (χ4n) is 4.63. The van der Waals surface area contributed by atoms with Gasteiger partial charge in [-0.3, -0.25) is 29.1 Å². The number of aromatic nitrogens is 2. The van der Waals surface area contributed by atoms with Gasteiger partial charge in [-0.05, 0) is 25.7 Å². The molecule has 1 unspecified atom stereocenters. The maximum absolute atomic E-state index is 13.6. The molecule has 1 aromatic rings. The van der Waals surface area contributed by atoms with Crippen LogP contribution in [0.1, 0.15) is 52.9 Å². The Morgan fingerprint density at radius 3 is 2.46 bits per heavy atom. The third kappa shape index (κ3) is 6.58. The minimum absolute atomic E-state index is 0.0280. The third-order valence-corrected chi connectivity index (χ3v) is 6.05. The molecule has 1 fully saturated rings. The number of amides is 1. The summed E-state index contributed by atoms with van der Waals surface area (Å²) in [6.07, 6.45) is 3.90. The number of esters is 2. The molecule has 1 amide bonds. The summed E-state index contributed by atoms with van der Waals surface area (Å²) in [5.74, 6) is -0.906. The lowest BCUT2D eigenvalue weighted by atomic mass is 9.98. The van der Waals surface area contributed by atoms with Crippen molar-refractivity contribution in [1.29, 1.82) is 0 Å². The molecule has 0 spiro atoms. The van der Waals surface area contributed by atoms with Gasteiger partial charge in [0.2, 0.25) is 11.9 Å². The Labute approximate surface area is 204 Å². The van der Waals surface area contributed by atoms with E-state index in [0.717, 1.165) is 25.7 Å². The van der Waals surface area contributed by atoms with Gasteiger partial charge in [0.05, 0.1) is 12.4 Å².